The summed E-state index contributed by atoms with van der Waals surface area (Å²) in [6.45, 7) is 4.00. The molecule has 2 aromatic rings. The molecule has 10 radical (unpaired) electrons. The fourth-order valence-corrected chi connectivity index (χ4v) is 4.69. The predicted octanol–water partition coefficient (Wildman–Crippen LogP) is 6.58. The molecule has 0 spiro atoms. The van der Waals surface area contributed by atoms with Crippen LogP contribution in [0.15, 0.2) is 60.7 Å². The summed E-state index contributed by atoms with van der Waals surface area (Å²) in [6, 6.07) is 21.7. The van der Waals surface area contributed by atoms with E-state index in [0.717, 1.165) is 26.4 Å². The Morgan fingerprint density at radius 2 is 0.771 bits per heavy atom. The molecule has 2 saturated carbocycles. The number of benzene rings is 2. The molecular formula is C32H36CaO2+2. The summed E-state index contributed by atoms with van der Waals surface area (Å²) in [7, 11) is 0. The second kappa shape index (κ2) is 17.2. The van der Waals surface area contributed by atoms with Crippen molar-refractivity contribution >= 4 is 37.7 Å². The monoisotopic (exact) mass is 492 g/mol. The molecule has 0 amide bonds. The molecule has 2 aliphatic carbocycles. The van der Waals surface area contributed by atoms with Crippen LogP contribution in [-0.2, 0) is 9.47 Å². The van der Waals surface area contributed by atoms with Gasteiger partial charge in [0.2, 0.25) is 0 Å². The average molecular weight is 493 g/mol. The Morgan fingerprint density at radius 1 is 0.457 bits per heavy atom. The van der Waals surface area contributed by atoms with Crippen LogP contribution < -0.4 is 0 Å². The van der Waals surface area contributed by atoms with Gasteiger partial charge in [-0.25, -0.2) is 0 Å². The molecule has 6 rings (SSSR count). The van der Waals surface area contributed by atoms with Crippen molar-refractivity contribution in [3.63, 3.8) is 0 Å². The van der Waals surface area contributed by atoms with Gasteiger partial charge in [-0.1, -0.05) is 60.7 Å². The van der Waals surface area contributed by atoms with Crippen molar-refractivity contribution in [2.24, 2.45) is 0 Å². The second-order valence-electron chi connectivity index (χ2n) is 8.85. The van der Waals surface area contributed by atoms with Crippen molar-refractivity contribution in [3.8, 4) is 0 Å². The summed E-state index contributed by atoms with van der Waals surface area (Å²) in [5.74, 6) is 3.37. The first-order valence-electron chi connectivity index (χ1n) is 12.6. The molecule has 0 N–H and O–H groups in total. The summed E-state index contributed by atoms with van der Waals surface area (Å²) in [6.07, 6.45) is 22.6. The Kier molecular flexibility index (Phi) is 14.3. The zero-order chi connectivity index (χ0) is 23.3. The van der Waals surface area contributed by atoms with Crippen LogP contribution in [0.25, 0.3) is 0 Å². The third-order valence-corrected chi connectivity index (χ3v) is 6.40. The van der Waals surface area contributed by atoms with Gasteiger partial charge >= 0.3 is 37.7 Å². The number of hydrogen-bond donors (Lipinski definition) is 0. The van der Waals surface area contributed by atoms with Gasteiger partial charge in [0.1, 0.15) is 0 Å². The van der Waals surface area contributed by atoms with Crippen LogP contribution in [0.3, 0.4) is 0 Å². The van der Waals surface area contributed by atoms with E-state index in [2.05, 4.69) is 112 Å². The van der Waals surface area contributed by atoms with Crippen molar-refractivity contribution in [2.75, 3.05) is 26.4 Å². The van der Waals surface area contributed by atoms with Gasteiger partial charge in [-0.3, -0.25) is 0 Å². The van der Waals surface area contributed by atoms with Crippen molar-refractivity contribution in [1.29, 1.82) is 0 Å². The van der Waals surface area contributed by atoms with Crippen molar-refractivity contribution in [1.82, 2.24) is 0 Å². The van der Waals surface area contributed by atoms with E-state index in [0.29, 0.717) is 11.8 Å². The van der Waals surface area contributed by atoms with Gasteiger partial charge in [0.25, 0.3) is 0 Å². The first-order valence-corrected chi connectivity index (χ1v) is 12.6. The topological polar surface area (TPSA) is 18.5 Å². The van der Waals surface area contributed by atoms with Gasteiger partial charge in [-0.2, -0.15) is 0 Å². The van der Waals surface area contributed by atoms with Crippen LogP contribution in [0, 0.1) is 63.2 Å². The molecule has 2 heterocycles. The molecule has 4 fully saturated rings. The van der Waals surface area contributed by atoms with E-state index >= 15 is 0 Å². The predicted molar refractivity (Wildman–Crippen MR) is 145 cm³/mol. The number of hydrogen-bond acceptors (Lipinski definition) is 2. The summed E-state index contributed by atoms with van der Waals surface area (Å²) >= 11 is 0. The first kappa shape index (κ1) is 29.2. The SMILES string of the molecule is C1CCOC1.C1CCOC1.[CH]1[CH][CH][C]([C@H](c2ccccc2)[C@H]([C]2[CH][CH][CH][CH]2)c2ccccc2)[CH]1.[Ca+2]. The number of ether oxygens (including phenoxy) is 2. The maximum atomic E-state index is 4.94. The van der Waals surface area contributed by atoms with E-state index in [1.165, 1.54) is 48.6 Å². The molecule has 0 bridgehead atoms. The van der Waals surface area contributed by atoms with Crippen molar-refractivity contribution in [3.05, 3.63) is 135 Å². The minimum Gasteiger partial charge on any atom is -0.381 e. The van der Waals surface area contributed by atoms with Gasteiger partial charge in [-0.05, 0) is 112 Å². The van der Waals surface area contributed by atoms with Gasteiger partial charge < -0.3 is 9.47 Å². The minimum atomic E-state index is 0. The summed E-state index contributed by atoms with van der Waals surface area (Å²) in [5, 5.41) is 0. The molecule has 176 valence electrons. The van der Waals surface area contributed by atoms with Crippen LogP contribution in [0.2, 0.25) is 0 Å². The van der Waals surface area contributed by atoms with Crippen LogP contribution >= 0.6 is 0 Å². The molecule has 2 aliphatic heterocycles. The number of rotatable bonds is 5. The molecule has 35 heavy (non-hydrogen) atoms. The summed E-state index contributed by atoms with van der Waals surface area (Å²) < 4.78 is 9.89. The van der Waals surface area contributed by atoms with Crippen LogP contribution in [-0.4, -0.2) is 64.2 Å². The molecule has 2 nitrogen and oxygen atoms in total. The Balaban J connectivity index is 0.000000258. The Labute approximate surface area is 244 Å². The van der Waals surface area contributed by atoms with Crippen molar-refractivity contribution in [2.45, 2.75) is 37.5 Å². The third-order valence-electron chi connectivity index (χ3n) is 6.40. The van der Waals surface area contributed by atoms with E-state index in [1.807, 2.05) is 0 Å². The zero-order valence-corrected chi connectivity index (χ0v) is 22.9. The fourth-order valence-electron chi connectivity index (χ4n) is 4.69. The van der Waals surface area contributed by atoms with Crippen molar-refractivity contribution < 1.29 is 9.47 Å². The van der Waals surface area contributed by atoms with E-state index in [9.17, 15) is 0 Å². The second-order valence-corrected chi connectivity index (χ2v) is 8.85. The smallest absolute Gasteiger partial charge is 0.381 e. The maximum absolute atomic E-state index is 4.94. The molecule has 2 aromatic carbocycles. The quantitative estimate of drug-likeness (QED) is 0.439. The Bertz CT molecular complexity index is 678. The van der Waals surface area contributed by atoms with E-state index in [1.54, 1.807) is 0 Å². The molecule has 0 unspecified atom stereocenters. The van der Waals surface area contributed by atoms with Gasteiger partial charge in [0.05, 0.1) is 0 Å². The Morgan fingerprint density at radius 3 is 1.03 bits per heavy atom. The van der Waals surface area contributed by atoms with Gasteiger partial charge in [0.15, 0.2) is 0 Å². The largest absolute Gasteiger partial charge is 2.00 e. The average Bonchev–Trinajstić information content (AvgIpc) is 3.72. The molecule has 4 aliphatic rings. The van der Waals surface area contributed by atoms with Crippen LogP contribution in [0.1, 0.15) is 48.6 Å². The molecule has 2 saturated heterocycles. The maximum Gasteiger partial charge on any atom is 2.00 e. The van der Waals surface area contributed by atoms with Crippen LogP contribution in [0.5, 0.6) is 0 Å². The summed E-state index contributed by atoms with van der Waals surface area (Å²) in [5.41, 5.74) is 2.72. The molecule has 2 atom stereocenters. The third kappa shape index (κ3) is 9.46. The minimum absolute atomic E-state index is 0. The normalized spacial score (nSPS) is 21.8. The van der Waals surface area contributed by atoms with E-state index in [-0.39, 0.29) is 37.7 Å². The van der Waals surface area contributed by atoms with Gasteiger partial charge in [0, 0.05) is 26.4 Å². The van der Waals surface area contributed by atoms with E-state index < -0.39 is 0 Å². The molecule has 0 aromatic heterocycles. The van der Waals surface area contributed by atoms with E-state index in [4.69, 9.17) is 9.47 Å². The molecule has 3 heteroatoms. The Hall–Kier alpha value is -0.380. The fraction of sp³-hybridized carbons (Fsp3) is 0.312. The standard InChI is InChI=1S/C24H20.2C4H8O.Ca/c1-3-11-19(12-4-1)23(21-15-7-8-16-21)24(22-17-9-10-18-22)20-13-5-2-6-14-20;2*1-2-4-5-3-1;/h1-18,23-24H;2*1-4H2;/q;;;+2/t23-,24-;;;/m0.../s1. The zero-order valence-electron chi connectivity index (χ0n) is 20.7. The first-order chi connectivity index (χ1) is 16.9. The molecular weight excluding hydrogens is 456 g/mol. The van der Waals surface area contributed by atoms with Crippen LogP contribution in [0.4, 0.5) is 0 Å². The van der Waals surface area contributed by atoms with Gasteiger partial charge in [-0.15, -0.1) is 0 Å². The summed E-state index contributed by atoms with van der Waals surface area (Å²) in [4.78, 5) is 0.